The minimum atomic E-state index is 0.593. The van der Waals surface area contributed by atoms with Crippen molar-refractivity contribution in [2.24, 2.45) is 5.92 Å². The summed E-state index contributed by atoms with van der Waals surface area (Å²) in [4.78, 5) is 2.60. The molecule has 0 heterocycles. The van der Waals surface area contributed by atoms with Crippen LogP contribution in [0.4, 0.5) is 0 Å². The fourth-order valence-electron chi connectivity index (χ4n) is 2.71. The number of hydrogen-bond donors (Lipinski definition) is 1. The lowest BCUT2D eigenvalue weighted by atomic mass is 9.98. The monoisotopic (exact) mass is 258 g/mol. The standard InChI is InChI=1S/C15H34N2O/c1-7-9-14(16-5)15(8-2)17(10-11-18-6)12-13(3)4/h13-16H,7-12H2,1-6H3. The van der Waals surface area contributed by atoms with Gasteiger partial charge in [-0.05, 0) is 25.8 Å². The van der Waals surface area contributed by atoms with E-state index in [0.717, 1.165) is 19.7 Å². The zero-order valence-electron chi connectivity index (χ0n) is 13.3. The van der Waals surface area contributed by atoms with Gasteiger partial charge in [0.25, 0.3) is 0 Å². The maximum absolute atomic E-state index is 5.26. The van der Waals surface area contributed by atoms with Crippen LogP contribution in [0.5, 0.6) is 0 Å². The molecular weight excluding hydrogens is 224 g/mol. The molecule has 0 aliphatic heterocycles. The number of hydrogen-bond acceptors (Lipinski definition) is 3. The predicted molar refractivity (Wildman–Crippen MR) is 80.1 cm³/mol. The maximum Gasteiger partial charge on any atom is 0.0589 e. The largest absolute Gasteiger partial charge is 0.383 e. The summed E-state index contributed by atoms with van der Waals surface area (Å²) in [6.45, 7) is 12.2. The molecule has 0 bridgehead atoms. The van der Waals surface area contributed by atoms with Crippen LogP contribution in [0, 0.1) is 5.92 Å². The van der Waals surface area contributed by atoms with Crippen LogP contribution in [0.25, 0.3) is 0 Å². The quantitative estimate of drug-likeness (QED) is 0.617. The van der Waals surface area contributed by atoms with Gasteiger partial charge in [0.1, 0.15) is 0 Å². The molecule has 18 heavy (non-hydrogen) atoms. The molecule has 3 heteroatoms. The van der Waals surface area contributed by atoms with Crippen LogP contribution < -0.4 is 5.32 Å². The molecule has 0 radical (unpaired) electrons. The molecule has 0 aromatic carbocycles. The molecular formula is C15H34N2O. The Morgan fingerprint density at radius 2 is 1.89 bits per heavy atom. The first kappa shape index (κ1) is 17.9. The average Bonchev–Trinajstić information content (AvgIpc) is 2.34. The Bertz CT molecular complexity index is 185. The summed E-state index contributed by atoms with van der Waals surface area (Å²) < 4.78 is 5.26. The Kier molecular flexibility index (Phi) is 10.7. The molecule has 2 unspecified atom stereocenters. The van der Waals surface area contributed by atoms with Crippen LogP contribution in [0.1, 0.15) is 47.0 Å². The topological polar surface area (TPSA) is 24.5 Å². The van der Waals surface area contributed by atoms with Crippen molar-refractivity contribution in [2.45, 2.75) is 59.0 Å². The number of rotatable bonds is 11. The van der Waals surface area contributed by atoms with Gasteiger partial charge in [-0.3, -0.25) is 4.90 Å². The van der Waals surface area contributed by atoms with Gasteiger partial charge in [-0.15, -0.1) is 0 Å². The van der Waals surface area contributed by atoms with Crippen LogP contribution in [-0.4, -0.2) is 50.8 Å². The van der Waals surface area contributed by atoms with Crippen molar-refractivity contribution in [2.75, 3.05) is 33.9 Å². The van der Waals surface area contributed by atoms with Gasteiger partial charge in [-0.1, -0.05) is 34.1 Å². The molecule has 0 rings (SSSR count). The predicted octanol–water partition coefficient (Wildman–Crippen LogP) is 2.76. The van der Waals surface area contributed by atoms with Crippen molar-refractivity contribution < 1.29 is 4.74 Å². The van der Waals surface area contributed by atoms with E-state index in [9.17, 15) is 0 Å². The van der Waals surface area contributed by atoms with Crippen molar-refractivity contribution in [1.82, 2.24) is 10.2 Å². The van der Waals surface area contributed by atoms with E-state index in [1.165, 1.54) is 19.3 Å². The molecule has 0 aliphatic carbocycles. The molecule has 0 saturated heterocycles. The van der Waals surface area contributed by atoms with E-state index in [0.29, 0.717) is 18.0 Å². The molecule has 110 valence electrons. The fraction of sp³-hybridized carbons (Fsp3) is 1.00. The second-order valence-corrected chi connectivity index (χ2v) is 5.54. The molecule has 0 aromatic heterocycles. The van der Waals surface area contributed by atoms with E-state index >= 15 is 0 Å². The van der Waals surface area contributed by atoms with Gasteiger partial charge < -0.3 is 10.1 Å². The van der Waals surface area contributed by atoms with Crippen molar-refractivity contribution >= 4 is 0 Å². The molecule has 3 nitrogen and oxygen atoms in total. The van der Waals surface area contributed by atoms with Gasteiger partial charge in [0.2, 0.25) is 0 Å². The number of nitrogens with one attached hydrogen (secondary N) is 1. The zero-order valence-corrected chi connectivity index (χ0v) is 13.3. The van der Waals surface area contributed by atoms with Crippen molar-refractivity contribution in [3.8, 4) is 0 Å². The van der Waals surface area contributed by atoms with Crippen LogP contribution in [0.3, 0.4) is 0 Å². The molecule has 0 saturated carbocycles. The molecule has 0 aromatic rings. The highest BCUT2D eigenvalue weighted by atomic mass is 16.5. The van der Waals surface area contributed by atoms with Gasteiger partial charge >= 0.3 is 0 Å². The molecule has 0 amide bonds. The van der Waals surface area contributed by atoms with Crippen molar-refractivity contribution in [3.63, 3.8) is 0 Å². The third-order valence-corrected chi connectivity index (χ3v) is 3.50. The smallest absolute Gasteiger partial charge is 0.0589 e. The van der Waals surface area contributed by atoms with Crippen LogP contribution in [0.2, 0.25) is 0 Å². The zero-order chi connectivity index (χ0) is 14.0. The molecule has 0 fully saturated rings. The Hall–Kier alpha value is -0.120. The summed E-state index contributed by atoms with van der Waals surface area (Å²) in [5, 5.41) is 3.50. The third-order valence-electron chi connectivity index (χ3n) is 3.50. The van der Waals surface area contributed by atoms with E-state index in [2.05, 4.69) is 45.0 Å². The summed E-state index contributed by atoms with van der Waals surface area (Å²) >= 11 is 0. The molecule has 0 spiro atoms. The summed E-state index contributed by atoms with van der Waals surface area (Å²) in [5.41, 5.74) is 0. The first-order valence-corrected chi connectivity index (χ1v) is 7.50. The Morgan fingerprint density at radius 3 is 2.28 bits per heavy atom. The highest BCUT2D eigenvalue weighted by molar-refractivity contribution is 4.83. The van der Waals surface area contributed by atoms with Crippen LogP contribution >= 0.6 is 0 Å². The SMILES string of the molecule is CCCC(NC)C(CC)N(CCOC)CC(C)C. The lowest BCUT2D eigenvalue weighted by Crippen LogP contribution is -2.50. The first-order valence-electron chi connectivity index (χ1n) is 7.50. The van der Waals surface area contributed by atoms with Gasteiger partial charge in [-0.2, -0.15) is 0 Å². The molecule has 2 atom stereocenters. The average molecular weight is 258 g/mol. The number of methoxy groups -OCH3 is 1. The summed E-state index contributed by atoms with van der Waals surface area (Å²) in [5.74, 6) is 0.704. The summed E-state index contributed by atoms with van der Waals surface area (Å²) in [6.07, 6.45) is 3.68. The highest BCUT2D eigenvalue weighted by Gasteiger charge is 2.24. The Labute approximate surface area is 114 Å². The minimum Gasteiger partial charge on any atom is -0.383 e. The van der Waals surface area contributed by atoms with Crippen LogP contribution in [-0.2, 0) is 4.74 Å². The molecule has 1 N–H and O–H groups in total. The minimum absolute atomic E-state index is 0.593. The van der Waals surface area contributed by atoms with Gasteiger partial charge in [0, 0.05) is 32.3 Å². The van der Waals surface area contributed by atoms with Gasteiger partial charge in [0.05, 0.1) is 6.61 Å². The fourth-order valence-corrected chi connectivity index (χ4v) is 2.71. The van der Waals surface area contributed by atoms with Crippen LogP contribution in [0.15, 0.2) is 0 Å². The second-order valence-electron chi connectivity index (χ2n) is 5.54. The lowest BCUT2D eigenvalue weighted by Gasteiger charge is -2.37. The number of ether oxygens (including phenoxy) is 1. The van der Waals surface area contributed by atoms with E-state index < -0.39 is 0 Å². The van der Waals surface area contributed by atoms with Crippen molar-refractivity contribution in [1.29, 1.82) is 0 Å². The maximum atomic E-state index is 5.26. The summed E-state index contributed by atoms with van der Waals surface area (Å²) in [6, 6.07) is 1.21. The van der Waals surface area contributed by atoms with Gasteiger partial charge in [0.15, 0.2) is 0 Å². The van der Waals surface area contributed by atoms with Gasteiger partial charge in [-0.25, -0.2) is 0 Å². The first-order chi connectivity index (χ1) is 8.60. The Balaban J connectivity index is 4.64. The van der Waals surface area contributed by atoms with E-state index in [1.807, 2.05) is 0 Å². The number of nitrogens with zero attached hydrogens (tertiary/aromatic N) is 1. The summed E-state index contributed by atoms with van der Waals surface area (Å²) in [7, 11) is 3.88. The highest BCUT2D eigenvalue weighted by Crippen LogP contribution is 2.15. The second kappa shape index (κ2) is 10.8. The Morgan fingerprint density at radius 1 is 1.22 bits per heavy atom. The number of likely N-dealkylation sites (N-methyl/N-ethyl adjacent to an activating group) is 1. The normalized spacial score (nSPS) is 15.3. The van der Waals surface area contributed by atoms with E-state index in [1.54, 1.807) is 7.11 Å². The van der Waals surface area contributed by atoms with Crippen molar-refractivity contribution in [3.05, 3.63) is 0 Å². The third kappa shape index (κ3) is 6.72. The lowest BCUT2D eigenvalue weighted by molar-refractivity contribution is 0.0892. The van der Waals surface area contributed by atoms with E-state index in [-0.39, 0.29) is 0 Å². The molecule has 0 aliphatic rings. The van der Waals surface area contributed by atoms with E-state index in [4.69, 9.17) is 4.74 Å².